The normalized spacial score (nSPS) is 15.1. The van der Waals surface area contributed by atoms with E-state index in [1.807, 2.05) is 24.3 Å². The van der Waals surface area contributed by atoms with Crippen LogP contribution in [0.15, 0.2) is 170 Å². The van der Waals surface area contributed by atoms with Crippen molar-refractivity contribution in [2.24, 2.45) is 5.41 Å². The third kappa shape index (κ3) is 5.46. The van der Waals surface area contributed by atoms with Gasteiger partial charge in [0.2, 0.25) is 0 Å². The lowest BCUT2D eigenvalue weighted by molar-refractivity contribution is 0.125. The predicted octanol–water partition coefficient (Wildman–Crippen LogP) is 13.9. The first-order valence-corrected chi connectivity index (χ1v) is 20.3. The third-order valence-electron chi connectivity index (χ3n) is 13.8. The smallest absolute Gasteiger partial charge is 0.166 e. The van der Waals surface area contributed by atoms with Gasteiger partial charge in [-0.15, -0.1) is 0 Å². The minimum atomic E-state index is -0.129. The first kappa shape index (κ1) is 35.7. The fourth-order valence-electron chi connectivity index (χ4n) is 9.27. The predicted molar refractivity (Wildman–Crippen MR) is 241 cm³/mol. The third-order valence-corrected chi connectivity index (χ3v) is 13.8. The number of para-hydroxylation sites is 1. The number of hydrogen-bond acceptors (Lipinski definition) is 3. The quantitative estimate of drug-likeness (QED) is 0.170. The zero-order chi connectivity index (χ0) is 39.8. The summed E-state index contributed by atoms with van der Waals surface area (Å²) >= 11 is 0. The second-order valence-corrected chi connectivity index (χ2v) is 17.4. The second-order valence-electron chi connectivity index (χ2n) is 17.4. The summed E-state index contributed by atoms with van der Waals surface area (Å²) < 4.78 is 2.45. The Morgan fingerprint density at radius 1 is 0.362 bits per heavy atom. The van der Waals surface area contributed by atoms with E-state index in [4.69, 9.17) is 15.0 Å². The van der Waals surface area contributed by atoms with E-state index in [9.17, 15) is 0 Å². The number of benzene rings is 7. The molecule has 0 atom stereocenters. The lowest BCUT2D eigenvalue weighted by atomic mass is 9.59. The molecule has 0 unspecified atom stereocenters. The molecule has 0 amide bonds. The molecule has 282 valence electrons. The van der Waals surface area contributed by atoms with Crippen LogP contribution in [-0.2, 0) is 10.8 Å². The summed E-state index contributed by atoms with van der Waals surface area (Å²) in [5.74, 6) is 1.94. The maximum atomic E-state index is 5.40. The summed E-state index contributed by atoms with van der Waals surface area (Å²) in [5.41, 5.74) is 13.4. The minimum absolute atomic E-state index is 0.0381. The Morgan fingerprint density at radius 2 is 0.793 bits per heavy atom. The van der Waals surface area contributed by atoms with Crippen LogP contribution in [0.4, 0.5) is 0 Å². The van der Waals surface area contributed by atoms with Gasteiger partial charge in [0.05, 0.1) is 16.7 Å². The molecule has 0 N–H and O–H groups in total. The molecule has 10 rings (SSSR count). The average molecular weight is 751 g/mol. The van der Waals surface area contributed by atoms with Crippen molar-refractivity contribution in [3.05, 3.63) is 181 Å². The first-order chi connectivity index (χ1) is 28.0. The van der Waals surface area contributed by atoms with Gasteiger partial charge in [-0.25, -0.2) is 15.0 Å². The molecule has 7 aromatic carbocycles. The summed E-state index contributed by atoms with van der Waals surface area (Å²) in [5, 5.41) is 2.42. The molecule has 1 aliphatic rings. The minimum Gasteiger partial charge on any atom is -0.308 e. The topological polar surface area (TPSA) is 43.6 Å². The fraction of sp³-hybridized carbons (Fsp3) is 0.167. The van der Waals surface area contributed by atoms with Gasteiger partial charge in [-0.2, -0.15) is 0 Å². The van der Waals surface area contributed by atoms with Crippen LogP contribution in [0.3, 0.4) is 0 Å². The molecule has 0 radical (unpaired) electrons. The highest BCUT2D eigenvalue weighted by Gasteiger charge is 2.57. The van der Waals surface area contributed by atoms with Gasteiger partial charge in [0.25, 0.3) is 0 Å². The van der Waals surface area contributed by atoms with Crippen LogP contribution < -0.4 is 0 Å². The van der Waals surface area contributed by atoms with Crippen molar-refractivity contribution in [1.29, 1.82) is 0 Å². The van der Waals surface area contributed by atoms with E-state index in [-0.39, 0.29) is 16.2 Å². The highest BCUT2D eigenvalue weighted by Crippen LogP contribution is 2.62. The van der Waals surface area contributed by atoms with Gasteiger partial charge in [0.1, 0.15) is 0 Å². The van der Waals surface area contributed by atoms with E-state index >= 15 is 0 Å². The SMILES string of the molecule is CC1(C)c2cc(-c3nc(-c4ccccc4)nc(-c4ccc(-c5ccccc5)cc4)n3)c(-n3c4ccccc4c4cc(-c5ccccc5)ccc43)cc2C(C)(C)C1(C)C. The Hall–Kier alpha value is -6.65. The molecule has 2 aromatic heterocycles. The molecule has 0 saturated carbocycles. The molecule has 2 heterocycles. The van der Waals surface area contributed by atoms with Crippen molar-refractivity contribution in [3.8, 4) is 62.1 Å². The molecule has 4 nitrogen and oxygen atoms in total. The lowest BCUT2D eigenvalue weighted by Crippen LogP contribution is -2.42. The number of fused-ring (bicyclic) bond motifs is 4. The van der Waals surface area contributed by atoms with Crippen LogP contribution in [-0.4, -0.2) is 19.5 Å². The summed E-state index contributed by atoms with van der Waals surface area (Å²) in [6.45, 7) is 14.5. The molecule has 58 heavy (non-hydrogen) atoms. The van der Waals surface area contributed by atoms with Crippen LogP contribution in [0, 0.1) is 5.41 Å². The molecule has 1 aliphatic carbocycles. The van der Waals surface area contributed by atoms with Crippen LogP contribution in [0.5, 0.6) is 0 Å². The lowest BCUT2D eigenvalue weighted by Gasteiger charge is -2.44. The Kier molecular flexibility index (Phi) is 8.14. The highest BCUT2D eigenvalue weighted by molar-refractivity contribution is 6.11. The molecule has 0 aliphatic heterocycles. The van der Waals surface area contributed by atoms with Crippen molar-refractivity contribution < 1.29 is 0 Å². The standard InChI is InChI=1S/C54H46N4/c1-52(2)44-33-43(51-56-49(38-22-14-9-15-23-38)55-50(57-51)39-28-26-37(27-29-39)35-18-10-7-11-19-35)48(34-45(44)53(3,4)54(52,5)6)58-46-25-17-16-24-41(46)42-32-40(30-31-47(42)58)36-20-12-8-13-21-36/h7-34H,1-6H3. The van der Waals surface area contributed by atoms with Crippen molar-refractivity contribution in [3.63, 3.8) is 0 Å². The molecule has 0 saturated heterocycles. The van der Waals surface area contributed by atoms with Crippen LogP contribution in [0.25, 0.3) is 83.9 Å². The van der Waals surface area contributed by atoms with Crippen molar-refractivity contribution in [2.75, 3.05) is 0 Å². The maximum Gasteiger partial charge on any atom is 0.166 e. The van der Waals surface area contributed by atoms with Crippen LogP contribution in [0.1, 0.15) is 52.7 Å². The number of nitrogens with zero attached hydrogens (tertiary/aromatic N) is 4. The van der Waals surface area contributed by atoms with Gasteiger partial charge in [0, 0.05) is 27.5 Å². The summed E-state index contributed by atoms with van der Waals surface area (Å²) in [6, 6.07) is 60.5. The summed E-state index contributed by atoms with van der Waals surface area (Å²) in [7, 11) is 0. The molecule has 4 heteroatoms. The van der Waals surface area contributed by atoms with E-state index in [0.717, 1.165) is 39.0 Å². The van der Waals surface area contributed by atoms with E-state index in [1.165, 1.54) is 38.6 Å². The van der Waals surface area contributed by atoms with Gasteiger partial charge < -0.3 is 4.57 Å². The largest absolute Gasteiger partial charge is 0.308 e. The molecular formula is C54H46N4. The Bertz CT molecular complexity index is 2990. The zero-order valence-corrected chi connectivity index (χ0v) is 34.0. The Morgan fingerprint density at radius 3 is 1.41 bits per heavy atom. The number of rotatable bonds is 6. The van der Waals surface area contributed by atoms with E-state index < -0.39 is 0 Å². The molecule has 0 fully saturated rings. The zero-order valence-electron chi connectivity index (χ0n) is 34.0. The van der Waals surface area contributed by atoms with Crippen LogP contribution in [0.2, 0.25) is 0 Å². The van der Waals surface area contributed by atoms with E-state index in [0.29, 0.717) is 17.5 Å². The highest BCUT2D eigenvalue weighted by atomic mass is 15.1. The van der Waals surface area contributed by atoms with Gasteiger partial charge in [0.15, 0.2) is 17.5 Å². The van der Waals surface area contributed by atoms with E-state index in [1.54, 1.807) is 0 Å². The van der Waals surface area contributed by atoms with Crippen molar-refractivity contribution >= 4 is 21.8 Å². The Labute approximate surface area is 340 Å². The number of aromatic nitrogens is 4. The molecule has 0 bridgehead atoms. The first-order valence-electron chi connectivity index (χ1n) is 20.3. The van der Waals surface area contributed by atoms with Crippen LogP contribution >= 0.6 is 0 Å². The maximum absolute atomic E-state index is 5.40. The van der Waals surface area contributed by atoms with Gasteiger partial charge >= 0.3 is 0 Å². The van der Waals surface area contributed by atoms with Gasteiger partial charge in [-0.1, -0.05) is 181 Å². The van der Waals surface area contributed by atoms with Gasteiger partial charge in [-0.05, 0) is 80.0 Å². The van der Waals surface area contributed by atoms with E-state index in [2.05, 4.69) is 192 Å². The fourth-order valence-corrected chi connectivity index (χ4v) is 9.27. The molecule has 9 aromatic rings. The van der Waals surface area contributed by atoms with Gasteiger partial charge in [-0.3, -0.25) is 0 Å². The summed E-state index contributed by atoms with van der Waals surface area (Å²) in [4.78, 5) is 15.9. The number of hydrogen-bond donors (Lipinski definition) is 0. The monoisotopic (exact) mass is 750 g/mol. The van der Waals surface area contributed by atoms with Crippen molar-refractivity contribution in [2.45, 2.75) is 52.4 Å². The average Bonchev–Trinajstić information content (AvgIpc) is 3.64. The molecule has 0 spiro atoms. The summed E-state index contributed by atoms with van der Waals surface area (Å²) in [6.07, 6.45) is 0. The van der Waals surface area contributed by atoms with Crippen molar-refractivity contribution in [1.82, 2.24) is 19.5 Å². The molecular weight excluding hydrogens is 705 g/mol. The second kappa shape index (κ2) is 13.2. The Balaban J connectivity index is 1.26.